The summed E-state index contributed by atoms with van der Waals surface area (Å²) in [5.74, 6) is 0. The summed E-state index contributed by atoms with van der Waals surface area (Å²) < 4.78 is 5.78. The molecule has 2 atom stereocenters. The van der Waals surface area contributed by atoms with Crippen LogP contribution < -0.4 is 5.32 Å². The first-order valence-corrected chi connectivity index (χ1v) is 8.73. The summed E-state index contributed by atoms with van der Waals surface area (Å²) in [7, 11) is 0. The van der Waals surface area contributed by atoms with Gasteiger partial charge in [-0.2, -0.15) is 0 Å². The van der Waals surface area contributed by atoms with Crippen molar-refractivity contribution >= 4 is 0 Å². The number of ether oxygens (including phenoxy) is 1. The third-order valence-corrected chi connectivity index (χ3v) is 4.49. The van der Waals surface area contributed by atoms with Gasteiger partial charge in [-0.15, -0.1) is 0 Å². The molecule has 1 aromatic carbocycles. The molecule has 2 heteroatoms. The smallest absolute Gasteiger partial charge is 0.0587 e. The molecule has 1 fully saturated rings. The van der Waals surface area contributed by atoms with E-state index in [2.05, 4.69) is 43.4 Å². The number of unbranched alkanes of at least 4 members (excludes halogenated alkanes) is 1. The Labute approximate surface area is 130 Å². The summed E-state index contributed by atoms with van der Waals surface area (Å²) in [6, 6.07) is 9.55. The van der Waals surface area contributed by atoms with Crippen LogP contribution in [0.2, 0.25) is 0 Å². The van der Waals surface area contributed by atoms with Gasteiger partial charge in [0.25, 0.3) is 0 Å². The Bertz CT molecular complexity index is 381. The summed E-state index contributed by atoms with van der Waals surface area (Å²) in [5.41, 5.74) is 2.85. The van der Waals surface area contributed by atoms with Crippen molar-refractivity contribution in [2.75, 3.05) is 13.2 Å². The van der Waals surface area contributed by atoms with Crippen molar-refractivity contribution in [1.82, 2.24) is 5.32 Å². The maximum atomic E-state index is 5.78. The maximum Gasteiger partial charge on any atom is 0.0587 e. The fraction of sp³-hybridized carbons (Fsp3) is 0.684. The van der Waals surface area contributed by atoms with E-state index in [-0.39, 0.29) is 0 Å². The van der Waals surface area contributed by atoms with Crippen LogP contribution in [-0.2, 0) is 11.2 Å². The molecule has 1 saturated heterocycles. The van der Waals surface area contributed by atoms with E-state index in [1.54, 1.807) is 0 Å². The number of rotatable bonds is 8. The van der Waals surface area contributed by atoms with Crippen molar-refractivity contribution in [3.63, 3.8) is 0 Å². The highest BCUT2D eigenvalue weighted by molar-refractivity contribution is 5.24. The standard InChI is InChI=1S/C19H31NO/c1-3-4-7-17-9-11-18(12-10-17)16(2)20-14-13-19-8-5-6-15-21-19/h9-12,16,19-20H,3-8,13-15H2,1-2H3. The van der Waals surface area contributed by atoms with E-state index in [0.717, 1.165) is 19.6 Å². The molecule has 1 aromatic rings. The fourth-order valence-corrected chi connectivity index (χ4v) is 2.97. The van der Waals surface area contributed by atoms with Crippen molar-refractivity contribution in [1.29, 1.82) is 0 Å². The third-order valence-electron chi connectivity index (χ3n) is 4.49. The molecule has 0 aliphatic carbocycles. The lowest BCUT2D eigenvalue weighted by molar-refractivity contribution is 0.0112. The van der Waals surface area contributed by atoms with Gasteiger partial charge in [0, 0.05) is 12.6 Å². The largest absolute Gasteiger partial charge is 0.378 e. The Morgan fingerprint density at radius 3 is 2.71 bits per heavy atom. The van der Waals surface area contributed by atoms with E-state index >= 15 is 0 Å². The molecular weight excluding hydrogens is 258 g/mol. The molecule has 0 saturated carbocycles. The molecule has 0 bridgehead atoms. The first-order chi connectivity index (χ1) is 10.3. The molecule has 1 aliphatic rings. The van der Waals surface area contributed by atoms with Crippen LogP contribution in [0.1, 0.15) is 69.5 Å². The van der Waals surface area contributed by atoms with Crippen LogP contribution in [-0.4, -0.2) is 19.3 Å². The molecule has 0 aromatic heterocycles. The second-order valence-electron chi connectivity index (χ2n) is 6.30. The van der Waals surface area contributed by atoms with E-state index < -0.39 is 0 Å². The van der Waals surface area contributed by atoms with Gasteiger partial charge in [-0.05, 0) is 63.1 Å². The zero-order valence-corrected chi connectivity index (χ0v) is 13.7. The van der Waals surface area contributed by atoms with E-state index in [1.165, 1.54) is 49.7 Å². The van der Waals surface area contributed by atoms with Gasteiger partial charge < -0.3 is 10.1 Å². The molecule has 0 radical (unpaired) electrons. The minimum atomic E-state index is 0.425. The predicted octanol–water partition coefficient (Wildman–Crippen LogP) is 4.64. The molecule has 0 spiro atoms. The van der Waals surface area contributed by atoms with Gasteiger partial charge in [-0.25, -0.2) is 0 Å². The van der Waals surface area contributed by atoms with E-state index in [0.29, 0.717) is 12.1 Å². The van der Waals surface area contributed by atoms with Crippen LogP contribution in [0.4, 0.5) is 0 Å². The lowest BCUT2D eigenvalue weighted by Gasteiger charge is -2.23. The number of benzene rings is 1. The summed E-state index contributed by atoms with van der Waals surface area (Å²) >= 11 is 0. The Kier molecular flexibility index (Phi) is 7.25. The molecule has 2 rings (SSSR count). The fourth-order valence-electron chi connectivity index (χ4n) is 2.97. The SMILES string of the molecule is CCCCc1ccc(C(C)NCCC2CCCCO2)cc1. The quantitative estimate of drug-likeness (QED) is 0.753. The summed E-state index contributed by atoms with van der Waals surface area (Å²) in [6.45, 7) is 6.50. The molecule has 1 heterocycles. The Morgan fingerprint density at radius 1 is 1.24 bits per heavy atom. The first kappa shape index (κ1) is 16.5. The van der Waals surface area contributed by atoms with Gasteiger partial charge >= 0.3 is 0 Å². The topological polar surface area (TPSA) is 21.3 Å². The molecule has 0 amide bonds. The lowest BCUT2D eigenvalue weighted by atomic mass is 10.0. The second kappa shape index (κ2) is 9.22. The monoisotopic (exact) mass is 289 g/mol. The minimum absolute atomic E-state index is 0.425. The van der Waals surface area contributed by atoms with Crippen LogP contribution >= 0.6 is 0 Å². The third kappa shape index (κ3) is 5.80. The van der Waals surface area contributed by atoms with Gasteiger partial charge in [-0.3, -0.25) is 0 Å². The normalized spacial score (nSPS) is 20.4. The summed E-state index contributed by atoms with van der Waals surface area (Å²) in [4.78, 5) is 0. The van der Waals surface area contributed by atoms with Crippen LogP contribution in [0.5, 0.6) is 0 Å². The zero-order chi connectivity index (χ0) is 14.9. The highest BCUT2D eigenvalue weighted by Gasteiger charge is 2.13. The highest BCUT2D eigenvalue weighted by atomic mass is 16.5. The molecular formula is C19H31NO. The van der Waals surface area contributed by atoms with Crippen LogP contribution in [0.15, 0.2) is 24.3 Å². The second-order valence-corrected chi connectivity index (χ2v) is 6.30. The number of hydrogen-bond acceptors (Lipinski definition) is 2. The first-order valence-electron chi connectivity index (χ1n) is 8.73. The van der Waals surface area contributed by atoms with Gasteiger partial charge in [0.05, 0.1) is 6.10 Å². The molecule has 1 aliphatic heterocycles. The molecule has 2 unspecified atom stereocenters. The van der Waals surface area contributed by atoms with Crippen molar-refractivity contribution in [3.05, 3.63) is 35.4 Å². The van der Waals surface area contributed by atoms with E-state index in [4.69, 9.17) is 4.74 Å². The van der Waals surface area contributed by atoms with E-state index in [1.807, 2.05) is 0 Å². The Balaban J connectivity index is 1.70. The number of aryl methyl sites for hydroxylation is 1. The van der Waals surface area contributed by atoms with Crippen molar-refractivity contribution in [2.45, 2.75) is 70.9 Å². The lowest BCUT2D eigenvalue weighted by Crippen LogP contribution is -2.27. The average Bonchev–Trinajstić information content (AvgIpc) is 2.54. The van der Waals surface area contributed by atoms with Crippen molar-refractivity contribution in [3.8, 4) is 0 Å². The Hall–Kier alpha value is -0.860. The molecule has 1 N–H and O–H groups in total. The van der Waals surface area contributed by atoms with Crippen LogP contribution in [0, 0.1) is 0 Å². The number of nitrogens with one attached hydrogen (secondary N) is 1. The predicted molar refractivity (Wildman–Crippen MR) is 89.7 cm³/mol. The number of hydrogen-bond donors (Lipinski definition) is 1. The van der Waals surface area contributed by atoms with Crippen LogP contribution in [0.25, 0.3) is 0 Å². The molecule has 21 heavy (non-hydrogen) atoms. The van der Waals surface area contributed by atoms with Crippen molar-refractivity contribution in [2.24, 2.45) is 0 Å². The van der Waals surface area contributed by atoms with Crippen LogP contribution in [0.3, 0.4) is 0 Å². The van der Waals surface area contributed by atoms with Gasteiger partial charge in [0.1, 0.15) is 0 Å². The van der Waals surface area contributed by atoms with Gasteiger partial charge in [0.2, 0.25) is 0 Å². The average molecular weight is 289 g/mol. The van der Waals surface area contributed by atoms with E-state index in [9.17, 15) is 0 Å². The molecule has 118 valence electrons. The minimum Gasteiger partial charge on any atom is -0.378 e. The summed E-state index contributed by atoms with van der Waals surface area (Å²) in [6.07, 6.45) is 9.19. The van der Waals surface area contributed by atoms with Gasteiger partial charge in [-0.1, -0.05) is 37.6 Å². The van der Waals surface area contributed by atoms with Gasteiger partial charge in [0.15, 0.2) is 0 Å². The maximum absolute atomic E-state index is 5.78. The van der Waals surface area contributed by atoms with Crippen molar-refractivity contribution < 1.29 is 4.74 Å². The summed E-state index contributed by atoms with van der Waals surface area (Å²) in [5, 5.41) is 3.63. The Morgan fingerprint density at radius 2 is 2.05 bits per heavy atom. The highest BCUT2D eigenvalue weighted by Crippen LogP contribution is 2.17. The zero-order valence-electron chi connectivity index (χ0n) is 13.7. The molecule has 2 nitrogen and oxygen atoms in total.